The maximum atomic E-state index is 13.1. The molecule has 11 nitrogen and oxygen atoms in total. The van der Waals surface area contributed by atoms with Gasteiger partial charge in [0.25, 0.3) is 0 Å². The number of ether oxygens (including phenoxy) is 2. The van der Waals surface area contributed by atoms with Crippen molar-refractivity contribution in [3.05, 3.63) is 36.5 Å². The number of hydrogen-bond donors (Lipinski definition) is 8. The molecule has 0 aliphatic carbocycles. The largest absolute Gasteiger partial charge is 0.394 e. The van der Waals surface area contributed by atoms with Crippen molar-refractivity contribution in [1.29, 1.82) is 0 Å². The quantitative estimate of drug-likeness (QED) is 0.0215. The first-order valence-electron chi connectivity index (χ1n) is 27.9. The highest BCUT2D eigenvalue weighted by Gasteiger charge is 2.44. The molecular weight excluding hydrogens is 847 g/mol. The molecule has 1 amide bonds. The van der Waals surface area contributed by atoms with E-state index in [4.69, 9.17) is 9.47 Å². The average Bonchev–Trinajstić information content (AvgIpc) is 3.33. The van der Waals surface area contributed by atoms with Gasteiger partial charge in [0.15, 0.2) is 6.29 Å². The molecule has 0 saturated carbocycles. The molecule has 9 atom stereocenters. The molecule has 1 heterocycles. The number of carbonyl (C=O) groups is 1. The lowest BCUT2D eigenvalue weighted by Gasteiger charge is -2.40. The minimum Gasteiger partial charge on any atom is -0.394 e. The van der Waals surface area contributed by atoms with Crippen LogP contribution in [0.5, 0.6) is 0 Å². The van der Waals surface area contributed by atoms with Gasteiger partial charge >= 0.3 is 0 Å². The van der Waals surface area contributed by atoms with Crippen molar-refractivity contribution in [3.63, 3.8) is 0 Å². The van der Waals surface area contributed by atoms with Crippen molar-refractivity contribution < 1.29 is 50.0 Å². The molecular formula is C56H105NO10. The van der Waals surface area contributed by atoms with Crippen molar-refractivity contribution in [2.45, 2.75) is 300 Å². The number of aliphatic hydroxyl groups is 7. The highest BCUT2D eigenvalue weighted by atomic mass is 16.7. The highest BCUT2D eigenvalue weighted by molar-refractivity contribution is 5.80. The smallest absolute Gasteiger partial charge is 0.249 e. The van der Waals surface area contributed by atoms with Crippen LogP contribution >= 0.6 is 0 Å². The molecule has 0 aromatic rings. The Hall–Kier alpha value is -1.67. The number of nitrogens with one attached hydrogen (secondary N) is 1. The van der Waals surface area contributed by atoms with E-state index in [-0.39, 0.29) is 12.8 Å². The molecule has 8 N–H and O–H groups in total. The van der Waals surface area contributed by atoms with Crippen LogP contribution in [-0.4, -0.2) is 110 Å². The van der Waals surface area contributed by atoms with Gasteiger partial charge in [-0.2, -0.15) is 0 Å². The maximum Gasteiger partial charge on any atom is 0.249 e. The summed E-state index contributed by atoms with van der Waals surface area (Å²) in [5, 5.41) is 75.7. The van der Waals surface area contributed by atoms with Crippen molar-refractivity contribution >= 4 is 5.91 Å². The Morgan fingerprint density at radius 3 is 1.37 bits per heavy atom. The summed E-state index contributed by atoms with van der Waals surface area (Å²) in [6.07, 6.45) is 43.7. The molecule has 394 valence electrons. The Bertz CT molecular complexity index is 1180. The fraction of sp³-hybridized carbons (Fsp3) is 0.875. The lowest BCUT2D eigenvalue weighted by Crippen LogP contribution is -2.60. The first-order valence-corrected chi connectivity index (χ1v) is 27.9. The molecule has 9 unspecified atom stereocenters. The van der Waals surface area contributed by atoms with Crippen LogP contribution in [0.25, 0.3) is 0 Å². The van der Waals surface area contributed by atoms with Crippen molar-refractivity contribution in [2.24, 2.45) is 0 Å². The van der Waals surface area contributed by atoms with Gasteiger partial charge in [-0.1, -0.05) is 211 Å². The molecule has 0 radical (unpaired) electrons. The normalized spacial score (nSPS) is 20.9. The number of carbonyl (C=O) groups excluding carboxylic acids is 1. The van der Waals surface area contributed by atoms with Crippen molar-refractivity contribution in [1.82, 2.24) is 5.32 Å². The summed E-state index contributed by atoms with van der Waals surface area (Å²) in [7, 11) is 0. The predicted molar refractivity (Wildman–Crippen MR) is 275 cm³/mol. The lowest BCUT2D eigenvalue weighted by molar-refractivity contribution is -0.303. The third-order valence-electron chi connectivity index (χ3n) is 13.4. The van der Waals surface area contributed by atoms with Gasteiger partial charge < -0.3 is 50.5 Å². The number of allylic oxidation sites excluding steroid dienone is 6. The Morgan fingerprint density at radius 1 is 0.522 bits per heavy atom. The Labute approximate surface area is 409 Å². The van der Waals surface area contributed by atoms with Gasteiger partial charge in [-0.05, 0) is 70.6 Å². The average molecular weight is 952 g/mol. The number of aliphatic hydroxyl groups excluding tert-OH is 7. The van der Waals surface area contributed by atoms with Crippen molar-refractivity contribution in [2.75, 3.05) is 13.2 Å². The van der Waals surface area contributed by atoms with Crippen LogP contribution in [0.1, 0.15) is 245 Å². The third kappa shape index (κ3) is 34.3. The molecule has 0 bridgehead atoms. The van der Waals surface area contributed by atoms with E-state index < -0.39 is 74.2 Å². The van der Waals surface area contributed by atoms with E-state index in [0.29, 0.717) is 12.8 Å². The van der Waals surface area contributed by atoms with E-state index in [0.717, 1.165) is 44.9 Å². The summed E-state index contributed by atoms with van der Waals surface area (Å²) >= 11 is 0. The van der Waals surface area contributed by atoms with Crippen molar-refractivity contribution in [3.8, 4) is 0 Å². The summed E-state index contributed by atoms with van der Waals surface area (Å²) in [5.41, 5.74) is 0. The minimum absolute atomic E-state index is 0.253. The summed E-state index contributed by atoms with van der Waals surface area (Å²) in [6.45, 7) is 3.40. The molecule has 0 aromatic heterocycles. The zero-order valence-electron chi connectivity index (χ0n) is 42.9. The molecule has 1 aliphatic heterocycles. The second kappa shape index (κ2) is 45.5. The van der Waals surface area contributed by atoms with Gasteiger partial charge in [-0.25, -0.2) is 0 Å². The van der Waals surface area contributed by atoms with Gasteiger partial charge in [-0.3, -0.25) is 4.79 Å². The lowest BCUT2D eigenvalue weighted by atomic mass is 9.98. The fourth-order valence-corrected chi connectivity index (χ4v) is 8.83. The number of unbranched alkanes of at least 4 members (excludes halogenated alkanes) is 29. The summed E-state index contributed by atoms with van der Waals surface area (Å²) in [6, 6.07) is -1.18. The third-order valence-corrected chi connectivity index (χ3v) is 13.4. The first-order chi connectivity index (χ1) is 32.7. The summed E-state index contributed by atoms with van der Waals surface area (Å²) in [5.74, 6) is -0.707. The van der Waals surface area contributed by atoms with E-state index in [9.17, 15) is 40.5 Å². The van der Waals surface area contributed by atoms with Crippen LogP contribution in [0.3, 0.4) is 0 Å². The Morgan fingerprint density at radius 2 is 0.925 bits per heavy atom. The molecule has 1 fully saturated rings. The molecule has 1 saturated heterocycles. The molecule has 1 rings (SSSR count). The SMILES string of the molecule is CCCCCCC/C=C/CCCC(O)C(O)C(COC1OC(CO)C(O)C(O)C1O)NC(=O)C(O)CCCCCCCCCCCCCCCC/C=C\C/C=C\CCCCCCCCCCC. The van der Waals surface area contributed by atoms with E-state index in [1.54, 1.807) is 0 Å². The topological polar surface area (TPSA) is 189 Å². The van der Waals surface area contributed by atoms with Crippen LogP contribution in [0, 0.1) is 0 Å². The maximum absolute atomic E-state index is 13.1. The second-order valence-electron chi connectivity index (χ2n) is 19.6. The predicted octanol–water partition coefficient (Wildman–Crippen LogP) is 11.1. The fourth-order valence-electron chi connectivity index (χ4n) is 8.83. The summed E-state index contributed by atoms with van der Waals surface area (Å²) < 4.78 is 11.1. The van der Waals surface area contributed by atoms with E-state index in [2.05, 4.69) is 55.6 Å². The molecule has 0 spiro atoms. The minimum atomic E-state index is -1.67. The van der Waals surface area contributed by atoms with Crippen LogP contribution in [0.15, 0.2) is 36.5 Å². The molecule has 11 heteroatoms. The molecule has 1 aliphatic rings. The van der Waals surface area contributed by atoms with Gasteiger partial charge in [-0.15, -0.1) is 0 Å². The first kappa shape index (κ1) is 63.3. The van der Waals surface area contributed by atoms with Gasteiger partial charge in [0.2, 0.25) is 5.91 Å². The zero-order valence-corrected chi connectivity index (χ0v) is 42.9. The van der Waals surface area contributed by atoms with E-state index >= 15 is 0 Å². The standard InChI is InChI=1S/C56H105NO10/c1-3-5-7-9-11-13-15-16-17-18-19-20-21-22-23-24-25-26-27-28-29-30-31-32-33-34-36-38-40-42-44-49(60)55(65)57-47(46-66-56-54(64)53(63)52(62)50(45-58)67-56)51(61)48(59)43-41-39-37-35-14-12-10-8-6-4-2/h19-20,22-23,35,37,47-54,56,58-64H,3-18,21,24-34,36,38-46H2,1-2H3,(H,57,65)/b20-19-,23-22-,37-35+. The van der Waals surface area contributed by atoms with Gasteiger partial charge in [0.1, 0.15) is 36.6 Å². The Balaban J connectivity index is 2.22. The van der Waals surface area contributed by atoms with E-state index in [1.165, 1.54) is 161 Å². The molecule has 67 heavy (non-hydrogen) atoms. The number of amides is 1. The van der Waals surface area contributed by atoms with Crippen LogP contribution in [0.4, 0.5) is 0 Å². The summed E-state index contributed by atoms with van der Waals surface area (Å²) in [4.78, 5) is 13.1. The monoisotopic (exact) mass is 952 g/mol. The van der Waals surface area contributed by atoms with Crippen LogP contribution in [-0.2, 0) is 14.3 Å². The second-order valence-corrected chi connectivity index (χ2v) is 19.6. The van der Waals surface area contributed by atoms with Crippen LogP contribution < -0.4 is 5.32 Å². The molecule has 0 aromatic carbocycles. The Kier molecular flexibility index (Phi) is 43.0. The zero-order chi connectivity index (χ0) is 49.0. The van der Waals surface area contributed by atoms with Gasteiger partial charge in [0.05, 0.1) is 25.4 Å². The van der Waals surface area contributed by atoms with E-state index in [1.807, 2.05) is 0 Å². The number of rotatable bonds is 47. The highest BCUT2D eigenvalue weighted by Crippen LogP contribution is 2.23. The van der Waals surface area contributed by atoms with Crippen LogP contribution in [0.2, 0.25) is 0 Å². The number of hydrogen-bond acceptors (Lipinski definition) is 10. The van der Waals surface area contributed by atoms with Gasteiger partial charge in [0, 0.05) is 0 Å².